The van der Waals surface area contributed by atoms with Crippen molar-refractivity contribution in [3.63, 3.8) is 0 Å². The summed E-state index contributed by atoms with van der Waals surface area (Å²) in [5.41, 5.74) is 0.648. The number of rotatable bonds is 5. The molecule has 0 unspecified atom stereocenters. The topological polar surface area (TPSA) is 25.2 Å². The first-order chi connectivity index (χ1) is 8.24. The van der Waals surface area contributed by atoms with Crippen LogP contribution in [0, 0.1) is 11.6 Å². The van der Waals surface area contributed by atoms with Gasteiger partial charge in [-0.15, -0.1) is 0 Å². The van der Waals surface area contributed by atoms with Gasteiger partial charge in [-0.1, -0.05) is 0 Å². The van der Waals surface area contributed by atoms with Gasteiger partial charge in [-0.25, -0.2) is 8.78 Å². The Morgan fingerprint density at radius 3 is 2.53 bits per heavy atom. The summed E-state index contributed by atoms with van der Waals surface area (Å²) in [6.07, 6.45) is 2.19. The predicted molar refractivity (Wildman–Crippen MR) is 60.5 cm³/mol. The van der Waals surface area contributed by atoms with Crippen LogP contribution in [0.2, 0.25) is 0 Å². The first-order valence-corrected chi connectivity index (χ1v) is 5.42. The van der Waals surface area contributed by atoms with Crippen LogP contribution in [0.15, 0.2) is 41.0 Å². The van der Waals surface area contributed by atoms with E-state index in [4.69, 9.17) is 4.42 Å². The van der Waals surface area contributed by atoms with Gasteiger partial charge in [0.15, 0.2) is 0 Å². The van der Waals surface area contributed by atoms with Crippen LogP contribution in [0.1, 0.15) is 11.3 Å². The lowest BCUT2D eigenvalue weighted by Crippen LogP contribution is -2.16. The van der Waals surface area contributed by atoms with Gasteiger partial charge in [-0.2, -0.15) is 0 Å². The summed E-state index contributed by atoms with van der Waals surface area (Å²) in [5, 5.41) is 3.14. The quantitative estimate of drug-likeness (QED) is 0.809. The van der Waals surface area contributed by atoms with Crippen molar-refractivity contribution < 1.29 is 13.2 Å². The third-order valence-corrected chi connectivity index (χ3v) is 2.39. The fourth-order valence-electron chi connectivity index (χ4n) is 1.61. The highest BCUT2D eigenvalue weighted by molar-refractivity contribution is 5.18. The molecule has 2 aromatic rings. The van der Waals surface area contributed by atoms with Crippen molar-refractivity contribution in [2.45, 2.75) is 13.0 Å². The van der Waals surface area contributed by atoms with Gasteiger partial charge in [0, 0.05) is 6.07 Å². The van der Waals surface area contributed by atoms with Crippen LogP contribution in [0.3, 0.4) is 0 Å². The van der Waals surface area contributed by atoms with Gasteiger partial charge in [0.05, 0.1) is 12.8 Å². The zero-order chi connectivity index (χ0) is 12.1. The molecule has 0 amide bonds. The van der Waals surface area contributed by atoms with Crippen molar-refractivity contribution in [2.75, 3.05) is 6.54 Å². The molecule has 2 nitrogen and oxygen atoms in total. The summed E-state index contributed by atoms with van der Waals surface area (Å²) >= 11 is 0. The van der Waals surface area contributed by atoms with Crippen LogP contribution in [0.5, 0.6) is 0 Å². The molecule has 0 bridgehead atoms. The molecule has 0 aliphatic heterocycles. The molecule has 1 aromatic heterocycles. The molecule has 1 N–H and O–H groups in total. The van der Waals surface area contributed by atoms with Gasteiger partial charge in [0.1, 0.15) is 17.4 Å². The molecular formula is C13H13F2NO. The first-order valence-electron chi connectivity index (χ1n) is 5.42. The highest BCUT2D eigenvalue weighted by Crippen LogP contribution is 2.08. The van der Waals surface area contributed by atoms with Crippen molar-refractivity contribution in [1.82, 2.24) is 5.32 Å². The highest BCUT2D eigenvalue weighted by atomic mass is 19.1. The summed E-state index contributed by atoms with van der Waals surface area (Å²) in [7, 11) is 0. The van der Waals surface area contributed by atoms with E-state index >= 15 is 0 Å². The molecule has 0 aliphatic rings. The number of nitrogens with one attached hydrogen (secondary N) is 1. The van der Waals surface area contributed by atoms with E-state index in [9.17, 15) is 8.78 Å². The van der Waals surface area contributed by atoms with Crippen LogP contribution in [-0.4, -0.2) is 6.54 Å². The van der Waals surface area contributed by atoms with Crippen molar-refractivity contribution in [2.24, 2.45) is 0 Å². The Morgan fingerprint density at radius 2 is 1.88 bits per heavy atom. The van der Waals surface area contributed by atoms with Crippen molar-refractivity contribution in [3.05, 3.63) is 59.6 Å². The van der Waals surface area contributed by atoms with Crippen LogP contribution < -0.4 is 5.32 Å². The zero-order valence-electron chi connectivity index (χ0n) is 9.25. The van der Waals surface area contributed by atoms with Crippen molar-refractivity contribution in [3.8, 4) is 0 Å². The fraction of sp³-hybridized carbons (Fsp3) is 0.231. The van der Waals surface area contributed by atoms with E-state index in [0.29, 0.717) is 25.1 Å². The lowest BCUT2D eigenvalue weighted by Gasteiger charge is -2.03. The standard InChI is InChI=1S/C13H13F2NO/c14-11-6-10(7-12(15)8-11)3-4-16-9-13-2-1-5-17-13/h1-2,5-8,16H,3-4,9H2. The SMILES string of the molecule is Fc1cc(F)cc(CCNCc2ccco2)c1. The third-order valence-electron chi connectivity index (χ3n) is 2.39. The molecule has 0 spiro atoms. The number of furan rings is 1. The number of hydrogen-bond donors (Lipinski definition) is 1. The Bertz CT molecular complexity index is 448. The van der Waals surface area contributed by atoms with Crippen LogP contribution >= 0.6 is 0 Å². The fourth-order valence-corrected chi connectivity index (χ4v) is 1.61. The Balaban J connectivity index is 1.78. The van der Waals surface area contributed by atoms with Gasteiger partial charge in [0.2, 0.25) is 0 Å². The minimum Gasteiger partial charge on any atom is -0.468 e. The molecule has 2 rings (SSSR count). The molecule has 0 fully saturated rings. The van der Waals surface area contributed by atoms with Gasteiger partial charge in [0.25, 0.3) is 0 Å². The van der Waals surface area contributed by atoms with Crippen LogP contribution in [0.4, 0.5) is 8.78 Å². The van der Waals surface area contributed by atoms with Gasteiger partial charge >= 0.3 is 0 Å². The highest BCUT2D eigenvalue weighted by Gasteiger charge is 2.00. The lowest BCUT2D eigenvalue weighted by molar-refractivity contribution is 0.484. The smallest absolute Gasteiger partial charge is 0.126 e. The van der Waals surface area contributed by atoms with Crippen LogP contribution in [-0.2, 0) is 13.0 Å². The average molecular weight is 237 g/mol. The number of hydrogen-bond acceptors (Lipinski definition) is 2. The molecule has 0 atom stereocenters. The van der Waals surface area contributed by atoms with E-state index in [0.717, 1.165) is 11.8 Å². The van der Waals surface area contributed by atoms with E-state index < -0.39 is 11.6 Å². The Labute approximate surface area is 98.3 Å². The minimum atomic E-state index is -0.536. The molecular weight excluding hydrogens is 224 g/mol. The maximum Gasteiger partial charge on any atom is 0.126 e. The van der Waals surface area contributed by atoms with E-state index in [-0.39, 0.29) is 0 Å². The Kier molecular flexibility index (Phi) is 3.88. The third kappa shape index (κ3) is 3.67. The number of benzene rings is 1. The summed E-state index contributed by atoms with van der Waals surface area (Å²) in [6.45, 7) is 1.26. The van der Waals surface area contributed by atoms with E-state index in [1.54, 1.807) is 6.26 Å². The Morgan fingerprint density at radius 1 is 1.12 bits per heavy atom. The van der Waals surface area contributed by atoms with Crippen molar-refractivity contribution in [1.29, 1.82) is 0 Å². The average Bonchev–Trinajstić information content (AvgIpc) is 2.76. The van der Waals surface area contributed by atoms with Crippen molar-refractivity contribution >= 4 is 0 Å². The first kappa shape index (κ1) is 11.8. The predicted octanol–water partition coefficient (Wildman–Crippen LogP) is 2.89. The molecule has 1 aromatic carbocycles. The molecule has 90 valence electrons. The molecule has 0 radical (unpaired) electrons. The second kappa shape index (κ2) is 5.59. The Hall–Kier alpha value is -1.68. The van der Waals surface area contributed by atoms with Crippen LogP contribution in [0.25, 0.3) is 0 Å². The maximum absolute atomic E-state index is 12.9. The minimum absolute atomic E-state index is 0.536. The van der Waals surface area contributed by atoms with Gasteiger partial charge in [-0.3, -0.25) is 0 Å². The maximum atomic E-state index is 12.9. The van der Waals surface area contributed by atoms with E-state index in [1.807, 2.05) is 12.1 Å². The van der Waals surface area contributed by atoms with Gasteiger partial charge in [-0.05, 0) is 42.8 Å². The molecule has 0 saturated heterocycles. The molecule has 0 saturated carbocycles. The molecule has 4 heteroatoms. The summed E-state index contributed by atoms with van der Waals surface area (Å²) in [6, 6.07) is 7.25. The second-order valence-electron chi connectivity index (χ2n) is 3.78. The normalized spacial score (nSPS) is 10.7. The molecule has 1 heterocycles. The molecule has 0 aliphatic carbocycles. The lowest BCUT2D eigenvalue weighted by atomic mass is 10.1. The summed E-state index contributed by atoms with van der Waals surface area (Å²) in [4.78, 5) is 0. The second-order valence-corrected chi connectivity index (χ2v) is 3.78. The van der Waals surface area contributed by atoms with E-state index in [1.165, 1.54) is 12.1 Å². The monoisotopic (exact) mass is 237 g/mol. The molecule has 17 heavy (non-hydrogen) atoms. The summed E-state index contributed by atoms with van der Waals surface area (Å²) < 4.78 is 30.9. The zero-order valence-corrected chi connectivity index (χ0v) is 9.25. The van der Waals surface area contributed by atoms with Gasteiger partial charge < -0.3 is 9.73 Å². The largest absolute Gasteiger partial charge is 0.468 e. The number of halogens is 2. The van der Waals surface area contributed by atoms with E-state index in [2.05, 4.69) is 5.32 Å². The summed E-state index contributed by atoms with van der Waals surface area (Å²) in [5.74, 6) is -0.229.